The summed E-state index contributed by atoms with van der Waals surface area (Å²) in [6.07, 6.45) is 1.55. The summed E-state index contributed by atoms with van der Waals surface area (Å²) in [5, 5.41) is 2.60. The minimum absolute atomic E-state index is 0.00523. The van der Waals surface area contributed by atoms with Crippen LogP contribution in [-0.2, 0) is 16.6 Å². The third-order valence-corrected chi connectivity index (χ3v) is 6.12. The van der Waals surface area contributed by atoms with Crippen LogP contribution < -0.4 is 10.0 Å². The van der Waals surface area contributed by atoms with Crippen molar-refractivity contribution < 1.29 is 17.6 Å². The number of carbonyl (C=O) groups excluding carboxylic acids is 1. The van der Waals surface area contributed by atoms with E-state index >= 15 is 0 Å². The SMILES string of the molecule is O=C(NCc1ccc(F)cc1)c1cc(S(=O)(=O)NC2CC2)c(Cl)cc1Cl. The van der Waals surface area contributed by atoms with E-state index < -0.39 is 15.9 Å². The van der Waals surface area contributed by atoms with E-state index in [4.69, 9.17) is 23.2 Å². The molecule has 0 spiro atoms. The molecule has 0 unspecified atom stereocenters. The molecule has 1 amide bonds. The van der Waals surface area contributed by atoms with Gasteiger partial charge in [0.05, 0.1) is 15.6 Å². The second-order valence-electron chi connectivity index (χ2n) is 5.97. The molecule has 5 nitrogen and oxygen atoms in total. The van der Waals surface area contributed by atoms with Gasteiger partial charge in [-0.3, -0.25) is 4.79 Å². The number of rotatable bonds is 6. The average Bonchev–Trinajstić information content (AvgIpc) is 3.37. The Kier molecular flexibility index (Phi) is 5.53. The third-order valence-electron chi connectivity index (χ3n) is 3.82. The molecular weight excluding hydrogens is 402 g/mol. The fourth-order valence-electron chi connectivity index (χ4n) is 2.27. The lowest BCUT2D eigenvalue weighted by atomic mass is 10.2. The largest absolute Gasteiger partial charge is 0.348 e. The van der Waals surface area contributed by atoms with E-state index in [-0.39, 0.29) is 38.9 Å². The molecule has 2 aromatic carbocycles. The van der Waals surface area contributed by atoms with Crippen molar-refractivity contribution >= 4 is 39.1 Å². The Morgan fingerprint density at radius 3 is 2.38 bits per heavy atom. The smallest absolute Gasteiger partial charge is 0.253 e. The van der Waals surface area contributed by atoms with Gasteiger partial charge in [0.2, 0.25) is 10.0 Å². The summed E-state index contributed by atoms with van der Waals surface area (Å²) in [6.45, 7) is 0.139. The number of amides is 1. The van der Waals surface area contributed by atoms with Crippen molar-refractivity contribution in [3.8, 4) is 0 Å². The minimum atomic E-state index is -3.83. The predicted octanol–water partition coefficient (Wildman–Crippen LogP) is 3.50. The first-order chi connectivity index (χ1) is 12.3. The van der Waals surface area contributed by atoms with Gasteiger partial charge in [0, 0.05) is 12.6 Å². The number of halogens is 3. The van der Waals surface area contributed by atoms with E-state index in [1.165, 1.54) is 30.3 Å². The number of nitrogens with one attached hydrogen (secondary N) is 2. The van der Waals surface area contributed by atoms with Gasteiger partial charge in [-0.05, 0) is 42.7 Å². The van der Waals surface area contributed by atoms with Crippen LogP contribution in [0.3, 0.4) is 0 Å². The molecule has 3 rings (SSSR count). The van der Waals surface area contributed by atoms with Crippen LogP contribution >= 0.6 is 23.2 Å². The Balaban J connectivity index is 1.80. The molecule has 1 fully saturated rings. The van der Waals surface area contributed by atoms with E-state index in [0.29, 0.717) is 5.56 Å². The zero-order valence-corrected chi connectivity index (χ0v) is 15.8. The van der Waals surface area contributed by atoms with Gasteiger partial charge in [0.25, 0.3) is 5.91 Å². The third kappa shape index (κ3) is 4.54. The van der Waals surface area contributed by atoms with E-state index in [9.17, 15) is 17.6 Å². The van der Waals surface area contributed by atoms with Crippen LogP contribution in [-0.4, -0.2) is 20.4 Å². The van der Waals surface area contributed by atoms with Gasteiger partial charge in [0.15, 0.2) is 0 Å². The Morgan fingerprint density at radius 1 is 1.12 bits per heavy atom. The molecule has 0 saturated heterocycles. The van der Waals surface area contributed by atoms with Crippen molar-refractivity contribution in [2.24, 2.45) is 0 Å². The van der Waals surface area contributed by atoms with Gasteiger partial charge in [-0.25, -0.2) is 17.5 Å². The maximum absolute atomic E-state index is 12.9. The van der Waals surface area contributed by atoms with Gasteiger partial charge in [-0.2, -0.15) is 0 Å². The van der Waals surface area contributed by atoms with E-state index in [2.05, 4.69) is 10.0 Å². The summed E-state index contributed by atoms with van der Waals surface area (Å²) in [7, 11) is -3.83. The fraction of sp³-hybridized carbons (Fsp3) is 0.235. The van der Waals surface area contributed by atoms with Gasteiger partial charge in [-0.1, -0.05) is 35.3 Å². The van der Waals surface area contributed by atoms with Crippen LogP contribution in [0.25, 0.3) is 0 Å². The molecule has 1 aliphatic carbocycles. The Labute approximate surface area is 160 Å². The van der Waals surface area contributed by atoms with Gasteiger partial charge in [-0.15, -0.1) is 0 Å². The first-order valence-corrected chi connectivity index (χ1v) is 10.0. The quantitative estimate of drug-likeness (QED) is 0.756. The fourth-order valence-corrected chi connectivity index (χ4v) is 4.44. The highest BCUT2D eigenvalue weighted by molar-refractivity contribution is 7.89. The second-order valence-corrected chi connectivity index (χ2v) is 8.46. The normalized spacial score (nSPS) is 14.3. The van der Waals surface area contributed by atoms with E-state index in [0.717, 1.165) is 18.9 Å². The van der Waals surface area contributed by atoms with Crippen LogP contribution in [0.1, 0.15) is 28.8 Å². The highest BCUT2D eigenvalue weighted by atomic mass is 35.5. The lowest BCUT2D eigenvalue weighted by Gasteiger charge is -2.12. The van der Waals surface area contributed by atoms with Crippen molar-refractivity contribution in [1.82, 2.24) is 10.0 Å². The van der Waals surface area contributed by atoms with Crippen molar-refractivity contribution in [1.29, 1.82) is 0 Å². The van der Waals surface area contributed by atoms with Crippen LogP contribution in [0.15, 0.2) is 41.3 Å². The molecule has 138 valence electrons. The molecule has 0 bridgehead atoms. The molecule has 1 saturated carbocycles. The average molecular weight is 417 g/mol. The second kappa shape index (κ2) is 7.52. The Hall–Kier alpha value is -1.67. The first-order valence-electron chi connectivity index (χ1n) is 7.80. The molecule has 0 atom stereocenters. The van der Waals surface area contributed by atoms with Gasteiger partial charge < -0.3 is 5.32 Å². The lowest BCUT2D eigenvalue weighted by Crippen LogP contribution is -2.27. The monoisotopic (exact) mass is 416 g/mol. The molecule has 9 heteroatoms. The lowest BCUT2D eigenvalue weighted by molar-refractivity contribution is 0.0951. The van der Waals surface area contributed by atoms with Gasteiger partial charge in [0.1, 0.15) is 10.7 Å². The van der Waals surface area contributed by atoms with Gasteiger partial charge >= 0.3 is 0 Å². The summed E-state index contributed by atoms with van der Waals surface area (Å²) < 4.78 is 40.2. The first kappa shape index (κ1) is 19.1. The minimum Gasteiger partial charge on any atom is -0.348 e. The summed E-state index contributed by atoms with van der Waals surface area (Å²) in [5.41, 5.74) is 0.683. The molecule has 0 aliphatic heterocycles. The highest BCUT2D eigenvalue weighted by Crippen LogP contribution is 2.30. The van der Waals surface area contributed by atoms with Crippen molar-refractivity contribution in [2.45, 2.75) is 30.3 Å². The van der Waals surface area contributed by atoms with E-state index in [1.807, 2.05) is 0 Å². The van der Waals surface area contributed by atoms with Crippen LogP contribution in [0, 0.1) is 5.82 Å². The van der Waals surface area contributed by atoms with E-state index in [1.54, 1.807) is 0 Å². The number of sulfonamides is 1. The Morgan fingerprint density at radius 2 is 1.77 bits per heavy atom. The molecule has 0 radical (unpaired) electrons. The number of hydrogen-bond acceptors (Lipinski definition) is 3. The Bertz CT molecular complexity index is 945. The van der Waals surface area contributed by atoms with Crippen LogP contribution in [0.5, 0.6) is 0 Å². The predicted molar refractivity (Wildman–Crippen MR) is 97.4 cm³/mol. The standard InChI is InChI=1S/C17H15Cl2FN2O3S/c18-14-8-15(19)16(26(24,25)22-12-5-6-12)7-13(14)17(23)21-9-10-1-3-11(20)4-2-10/h1-4,7-8,12,22H,5-6,9H2,(H,21,23). The summed E-state index contributed by atoms with van der Waals surface area (Å²) in [5.74, 6) is -0.933. The zero-order chi connectivity index (χ0) is 18.9. The molecular formula is C17H15Cl2FN2O3S. The zero-order valence-electron chi connectivity index (χ0n) is 13.4. The number of carbonyl (C=O) groups is 1. The molecule has 2 N–H and O–H groups in total. The summed E-state index contributed by atoms with van der Waals surface area (Å²) in [6, 6.07) is 7.94. The molecule has 2 aromatic rings. The maximum atomic E-state index is 12.9. The van der Waals surface area contributed by atoms with Crippen molar-refractivity contribution in [3.05, 3.63) is 63.4 Å². The van der Waals surface area contributed by atoms with Crippen LogP contribution in [0.2, 0.25) is 10.0 Å². The summed E-state index contributed by atoms with van der Waals surface area (Å²) >= 11 is 12.1. The van der Waals surface area contributed by atoms with Crippen LogP contribution in [0.4, 0.5) is 4.39 Å². The van der Waals surface area contributed by atoms with Crippen molar-refractivity contribution in [3.63, 3.8) is 0 Å². The number of benzene rings is 2. The number of hydrogen-bond donors (Lipinski definition) is 2. The maximum Gasteiger partial charge on any atom is 0.253 e. The topological polar surface area (TPSA) is 75.3 Å². The summed E-state index contributed by atoms with van der Waals surface area (Å²) in [4.78, 5) is 12.2. The molecule has 0 heterocycles. The molecule has 1 aliphatic rings. The molecule has 26 heavy (non-hydrogen) atoms. The molecule has 0 aromatic heterocycles. The van der Waals surface area contributed by atoms with Crippen molar-refractivity contribution in [2.75, 3.05) is 0 Å². The highest BCUT2D eigenvalue weighted by Gasteiger charge is 2.30.